The summed E-state index contributed by atoms with van der Waals surface area (Å²) in [6.45, 7) is 6.21. The number of hydrazine groups is 1. The second kappa shape index (κ2) is 8.84. The first kappa shape index (κ1) is 17.7. The highest BCUT2D eigenvalue weighted by molar-refractivity contribution is 7.80. The van der Waals surface area contributed by atoms with Gasteiger partial charge in [0.1, 0.15) is 0 Å². The monoisotopic (exact) mass is 344 g/mol. The molecule has 2 aliphatic rings. The molecule has 126 valence electrons. The number of rotatable bonds is 3. The highest BCUT2D eigenvalue weighted by atomic mass is 32.1. The van der Waals surface area contributed by atoms with Crippen LogP contribution >= 0.6 is 24.4 Å². The second-order valence-electron chi connectivity index (χ2n) is 6.44. The van der Waals surface area contributed by atoms with Gasteiger partial charge >= 0.3 is 0 Å². The Balaban J connectivity index is 1.61. The van der Waals surface area contributed by atoms with Crippen molar-refractivity contribution >= 4 is 34.7 Å². The molecule has 2 rings (SSSR count). The maximum absolute atomic E-state index is 5.54. The Bertz CT molecular complexity index is 388. The predicted octanol–water partition coefficient (Wildman–Crippen LogP) is 1.83. The Morgan fingerprint density at radius 3 is 2.55 bits per heavy atom. The molecule has 22 heavy (non-hydrogen) atoms. The molecule has 0 bridgehead atoms. The molecule has 1 saturated heterocycles. The molecule has 7 heteroatoms. The Morgan fingerprint density at radius 1 is 1.05 bits per heavy atom. The molecular formula is C15H28N4OS2. The summed E-state index contributed by atoms with van der Waals surface area (Å²) in [5.74, 6) is 1.38. The lowest BCUT2D eigenvalue weighted by molar-refractivity contribution is 0.114. The molecule has 0 aromatic heterocycles. The molecule has 0 spiro atoms. The van der Waals surface area contributed by atoms with Crippen LogP contribution in [0.1, 0.15) is 46.0 Å². The van der Waals surface area contributed by atoms with Crippen LogP contribution < -0.4 is 21.5 Å². The molecule has 0 aromatic rings. The zero-order valence-corrected chi connectivity index (χ0v) is 15.1. The average Bonchev–Trinajstić information content (AvgIpc) is 3.01. The van der Waals surface area contributed by atoms with Gasteiger partial charge in [-0.1, -0.05) is 26.7 Å². The lowest BCUT2D eigenvalue weighted by Gasteiger charge is -2.35. The molecule has 0 radical (unpaired) electrons. The van der Waals surface area contributed by atoms with Gasteiger partial charge in [-0.15, -0.1) is 0 Å². The van der Waals surface area contributed by atoms with E-state index in [0.717, 1.165) is 31.9 Å². The molecule has 5 nitrogen and oxygen atoms in total. The molecular weight excluding hydrogens is 316 g/mol. The Morgan fingerprint density at radius 2 is 1.82 bits per heavy atom. The van der Waals surface area contributed by atoms with E-state index >= 15 is 0 Å². The first-order valence-corrected chi connectivity index (χ1v) is 9.10. The van der Waals surface area contributed by atoms with Gasteiger partial charge in [-0.3, -0.25) is 10.9 Å². The highest BCUT2D eigenvalue weighted by Crippen LogP contribution is 2.29. The maximum atomic E-state index is 5.54. The quantitative estimate of drug-likeness (QED) is 0.460. The van der Waals surface area contributed by atoms with Crippen molar-refractivity contribution in [3.8, 4) is 0 Å². The fraction of sp³-hybridized carbons (Fsp3) is 0.867. The van der Waals surface area contributed by atoms with Gasteiger partial charge in [-0.2, -0.15) is 0 Å². The molecule has 1 aliphatic heterocycles. The lowest BCUT2D eigenvalue weighted by atomic mass is 9.78. The summed E-state index contributed by atoms with van der Waals surface area (Å²) < 4.78 is 5.54. The largest absolute Gasteiger partial charge is 0.376 e. The van der Waals surface area contributed by atoms with E-state index in [0.29, 0.717) is 22.2 Å². The van der Waals surface area contributed by atoms with Gasteiger partial charge in [0.15, 0.2) is 10.2 Å². The predicted molar refractivity (Wildman–Crippen MR) is 97.5 cm³/mol. The average molecular weight is 345 g/mol. The van der Waals surface area contributed by atoms with Crippen molar-refractivity contribution in [2.24, 2.45) is 11.8 Å². The van der Waals surface area contributed by atoms with E-state index in [4.69, 9.17) is 29.2 Å². The third-order valence-electron chi connectivity index (χ3n) is 4.83. The Hall–Kier alpha value is -0.660. The lowest BCUT2D eigenvalue weighted by Crippen LogP contribution is -2.54. The fourth-order valence-electron chi connectivity index (χ4n) is 3.16. The summed E-state index contributed by atoms with van der Waals surface area (Å²) in [6.07, 6.45) is 6.26. The Kier molecular flexibility index (Phi) is 7.11. The van der Waals surface area contributed by atoms with Gasteiger partial charge in [0, 0.05) is 19.2 Å². The van der Waals surface area contributed by atoms with Crippen LogP contribution in [0.3, 0.4) is 0 Å². The van der Waals surface area contributed by atoms with Crippen LogP contribution in [0.15, 0.2) is 0 Å². The van der Waals surface area contributed by atoms with Crippen molar-refractivity contribution in [1.82, 2.24) is 21.5 Å². The topological polar surface area (TPSA) is 57.3 Å². The summed E-state index contributed by atoms with van der Waals surface area (Å²) in [5, 5.41) is 7.69. The number of thiocarbonyl (C=S) groups is 2. The minimum atomic E-state index is 0.273. The number of ether oxygens (including phenoxy) is 1. The van der Waals surface area contributed by atoms with Gasteiger partial charge in [-0.05, 0) is 55.5 Å². The molecule has 2 fully saturated rings. The van der Waals surface area contributed by atoms with Crippen LogP contribution in [-0.2, 0) is 4.74 Å². The summed E-state index contributed by atoms with van der Waals surface area (Å²) >= 11 is 10.6. The van der Waals surface area contributed by atoms with E-state index in [1.165, 1.54) is 19.3 Å². The van der Waals surface area contributed by atoms with E-state index in [1.54, 1.807) is 0 Å². The van der Waals surface area contributed by atoms with Crippen LogP contribution in [0.25, 0.3) is 0 Å². The van der Waals surface area contributed by atoms with Crippen LogP contribution in [0.2, 0.25) is 0 Å². The van der Waals surface area contributed by atoms with Crippen molar-refractivity contribution in [3.63, 3.8) is 0 Å². The number of hydrogen-bond acceptors (Lipinski definition) is 3. The smallest absolute Gasteiger partial charge is 0.185 e. The maximum Gasteiger partial charge on any atom is 0.185 e. The van der Waals surface area contributed by atoms with Gasteiger partial charge in [0.2, 0.25) is 0 Å². The van der Waals surface area contributed by atoms with Gasteiger partial charge in [0.25, 0.3) is 0 Å². The van der Waals surface area contributed by atoms with Crippen molar-refractivity contribution in [2.45, 2.75) is 58.1 Å². The zero-order valence-electron chi connectivity index (χ0n) is 13.5. The number of nitrogens with one attached hydrogen (secondary N) is 4. The first-order chi connectivity index (χ1) is 10.6. The van der Waals surface area contributed by atoms with Crippen molar-refractivity contribution in [1.29, 1.82) is 0 Å². The number of hydrogen-bond donors (Lipinski definition) is 4. The summed E-state index contributed by atoms with van der Waals surface area (Å²) in [6, 6.07) is 0.443. The van der Waals surface area contributed by atoms with Crippen LogP contribution in [0.4, 0.5) is 0 Å². The molecule has 1 heterocycles. The van der Waals surface area contributed by atoms with E-state index in [-0.39, 0.29) is 6.10 Å². The summed E-state index contributed by atoms with van der Waals surface area (Å²) in [5.41, 5.74) is 5.90. The van der Waals surface area contributed by atoms with E-state index < -0.39 is 0 Å². The molecule has 4 atom stereocenters. The van der Waals surface area contributed by atoms with E-state index in [1.807, 2.05) is 0 Å². The van der Waals surface area contributed by atoms with Crippen LogP contribution in [0.5, 0.6) is 0 Å². The normalized spacial score (nSPS) is 31.4. The molecule has 1 aliphatic carbocycles. The molecule has 4 N–H and O–H groups in total. The third-order valence-corrected chi connectivity index (χ3v) is 5.29. The van der Waals surface area contributed by atoms with Crippen LogP contribution in [-0.4, -0.2) is 35.5 Å². The van der Waals surface area contributed by atoms with Crippen LogP contribution in [0, 0.1) is 11.8 Å². The van der Waals surface area contributed by atoms with Gasteiger partial charge in [-0.25, -0.2) is 0 Å². The molecule has 0 unspecified atom stereocenters. The van der Waals surface area contributed by atoms with Gasteiger partial charge in [0.05, 0.1) is 6.10 Å². The Labute approximate surface area is 144 Å². The van der Waals surface area contributed by atoms with Crippen molar-refractivity contribution in [2.75, 3.05) is 13.2 Å². The minimum Gasteiger partial charge on any atom is -0.376 e. The van der Waals surface area contributed by atoms with Crippen molar-refractivity contribution < 1.29 is 4.74 Å². The molecule has 0 aromatic carbocycles. The molecule has 1 saturated carbocycles. The summed E-state index contributed by atoms with van der Waals surface area (Å²) in [4.78, 5) is 0. The SMILES string of the molecule is C[C@@H]1[C@H](C)CCC[C@@H]1NC(=S)NNC(=S)NC[C@@H]1CCCO1. The second-order valence-corrected chi connectivity index (χ2v) is 7.26. The first-order valence-electron chi connectivity index (χ1n) is 8.28. The fourth-order valence-corrected chi connectivity index (χ4v) is 3.50. The van der Waals surface area contributed by atoms with E-state index in [2.05, 4.69) is 35.3 Å². The van der Waals surface area contributed by atoms with E-state index in [9.17, 15) is 0 Å². The minimum absolute atomic E-state index is 0.273. The summed E-state index contributed by atoms with van der Waals surface area (Å²) in [7, 11) is 0. The molecule has 0 amide bonds. The van der Waals surface area contributed by atoms with Crippen molar-refractivity contribution in [3.05, 3.63) is 0 Å². The zero-order chi connectivity index (χ0) is 15.9. The standard InChI is InChI=1S/C15H28N4OS2/c1-10-5-3-7-13(11(10)2)17-15(22)19-18-14(21)16-9-12-6-4-8-20-12/h10-13H,3-9H2,1-2H3,(H2,16,18,21)(H2,17,19,22)/t10-,11-,12+,13+/m1/s1. The van der Waals surface area contributed by atoms with Gasteiger partial charge < -0.3 is 15.4 Å². The third kappa shape index (κ3) is 5.52. The highest BCUT2D eigenvalue weighted by Gasteiger charge is 2.27.